The van der Waals surface area contributed by atoms with Crippen LogP contribution >= 0.6 is 0 Å². The minimum atomic E-state index is -0.396. The number of amides is 1. The highest BCUT2D eigenvalue weighted by atomic mass is 16.3. The zero-order valence-corrected chi connectivity index (χ0v) is 13.8. The number of benzene rings is 1. The van der Waals surface area contributed by atoms with Crippen LogP contribution in [0.15, 0.2) is 54.1 Å². The zero-order valence-electron chi connectivity index (χ0n) is 13.8. The predicted molar refractivity (Wildman–Crippen MR) is 91.7 cm³/mol. The first-order valence-corrected chi connectivity index (χ1v) is 7.90. The first-order chi connectivity index (χ1) is 10.6. The summed E-state index contributed by atoms with van der Waals surface area (Å²) in [6.07, 6.45) is 6.57. The lowest BCUT2D eigenvalue weighted by Gasteiger charge is -2.19. The topological polar surface area (TPSA) is 49.3 Å². The molecular formula is C19H27NO2. The maximum Gasteiger partial charge on any atom is 0.244 e. The van der Waals surface area contributed by atoms with Crippen molar-refractivity contribution in [2.45, 2.75) is 45.6 Å². The monoisotopic (exact) mass is 301 g/mol. The lowest BCUT2D eigenvalue weighted by atomic mass is 9.93. The second-order valence-electron chi connectivity index (χ2n) is 5.49. The van der Waals surface area contributed by atoms with Crippen LogP contribution in [0, 0.1) is 0 Å². The number of nitrogens with one attached hydrogen (secondary N) is 1. The van der Waals surface area contributed by atoms with E-state index >= 15 is 0 Å². The van der Waals surface area contributed by atoms with Crippen LogP contribution in [-0.2, 0) is 4.79 Å². The Morgan fingerprint density at radius 1 is 1.27 bits per heavy atom. The molecule has 1 aromatic rings. The second-order valence-corrected chi connectivity index (χ2v) is 5.49. The molecule has 0 spiro atoms. The number of aliphatic hydroxyl groups is 1. The molecule has 22 heavy (non-hydrogen) atoms. The number of rotatable bonds is 8. The van der Waals surface area contributed by atoms with Crippen molar-refractivity contribution in [1.82, 2.24) is 5.32 Å². The smallest absolute Gasteiger partial charge is 0.244 e. The van der Waals surface area contributed by atoms with Crippen molar-refractivity contribution in [3.05, 3.63) is 59.7 Å². The SMILES string of the molecule is CC=C(C=CC(=O)NCC(CC(C)O)c1ccccc1)CC. The maximum absolute atomic E-state index is 11.9. The number of carbonyl (C=O) groups is 1. The van der Waals surface area contributed by atoms with E-state index in [1.807, 2.05) is 49.4 Å². The first-order valence-electron chi connectivity index (χ1n) is 7.90. The van der Waals surface area contributed by atoms with E-state index in [0.717, 1.165) is 17.6 Å². The molecule has 0 saturated heterocycles. The molecule has 0 bridgehead atoms. The maximum atomic E-state index is 11.9. The first kappa shape index (κ1) is 18.2. The van der Waals surface area contributed by atoms with Gasteiger partial charge in [-0.1, -0.05) is 55.0 Å². The van der Waals surface area contributed by atoms with Gasteiger partial charge in [-0.2, -0.15) is 0 Å². The molecule has 2 N–H and O–H groups in total. The van der Waals surface area contributed by atoms with E-state index in [-0.39, 0.29) is 11.8 Å². The molecule has 0 aliphatic heterocycles. The third kappa shape index (κ3) is 6.72. The normalized spacial score (nSPS) is 14.8. The van der Waals surface area contributed by atoms with Gasteiger partial charge in [-0.25, -0.2) is 0 Å². The number of allylic oxidation sites excluding steroid dienone is 3. The van der Waals surface area contributed by atoms with E-state index in [0.29, 0.717) is 13.0 Å². The third-order valence-electron chi connectivity index (χ3n) is 3.65. The minimum Gasteiger partial charge on any atom is -0.393 e. The fraction of sp³-hybridized carbons (Fsp3) is 0.421. The highest BCUT2D eigenvalue weighted by Crippen LogP contribution is 2.20. The van der Waals surface area contributed by atoms with Crippen molar-refractivity contribution in [2.24, 2.45) is 0 Å². The lowest BCUT2D eigenvalue weighted by Crippen LogP contribution is -2.28. The summed E-state index contributed by atoms with van der Waals surface area (Å²) in [5.74, 6) is 0.0187. The van der Waals surface area contributed by atoms with Crippen molar-refractivity contribution in [3.8, 4) is 0 Å². The van der Waals surface area contributed by atoms with Gasteiger partial charge in [0.2, 0.25) is 5.91 Å². The fourth-order valence-electron chi connectivity index (χ4n) is 2.36. The summed E-state index contributed by atoms with van der Waals surface area (Å²) in [6.45, 7) is 6.33. The van der Waals surface area contributed by atoms with Crippen molar-refractivity contribution in [1.29, 1.82) is 0 Å². The van der Waals surface area contributed by atoms with Crippen molar-refractivity contribution < 1.29 is 9.90 Å². The highest BCUT2D eigenvalue weighted by molar-refractivity contribution is 5.87. The average molecular weight is 301 g/mol. The molecule has 0 aliphatic rings. The summed E-state index contributed by atoms with van der Waals surface area (Å²) in [7, 11) is 0. The molecule has 120 valence electrons. The van der Waals surface area contributed by atoms with Gasteiger partial charge in [-0.15, -0.1) is 0 Å². The summed E-state index contributed by atoms with van der Waals surface area (Å²) in [5, 5.41) is 12.6. The van der Waals surface area contributed by atoms with Gasteiger partial charge >= 0.3 is 0 Å². The van der Waals surface area contributed by atoms with Gasteiger partial charge in [0.05, 0.1) is 6.10 Å². The molecule has 0 saturated carbocycles. The van der Waals surface area contributed by atoms with Crippen LogP contribution in [0.1, 0.15) is 45.1 Å². The van der Waals surface area contributed by atoms with E-state index < -0.39 is 6.10 Å². The highest BCUT2D eigenvalue weighted by Gasteiger charge is 2.14. The molecule has 1 rings (SSSR count). The second kappa shape index (κ2) is 9.96. The van der Waals surface area contributed by atoms with E-state index in [4.69, 9.17) is 0 Å². The molecule has 1 amide bonds. The van der Waals surface area contributed by atoms with Crippen molar-refractivity contribution in [3.63, 3.8) is 0 Å². The summed E-state index contributed by atoms with van der Waals surface area (Å²) in [6, 6.07) is 9.99. The number of aliphatic hydroxyl groups excluding tert-OH is 1. The Kier molecular flexibility index (Phi) is 8.23. The van der Waals surface area contributed by atoms with Crippen LogP contribution in [0.25, 0.3) is 0 Å². The van der Waals surface area contributed by atoms with Crippen LogP contribution in [-0.4, -0.2) is 23.7 Å². The Hall–Kier alpha value is -1.87. The Labute approximate surface area is 133 Å². The summed E-state index contributed by atoms with van der Waals surface area (Å²) in [5.41, 5.74) is 2.27. The van der Waals surface area contributed by atoms with Crippen molar-refractivity contribution in [2.75, 3.05) is 6.54 Å². The summed E-state index contributed by atoms with van der Waals surface area (Å²) >= 11 is 0. The third-order valence-corrected chi connectivity index (χ3v) is 3.65. The molecule has 3 nitrogen and oxygen atoms in total. The summed E-state index contributed by atoms with van der Waals surface area (Å²) in [4.78, 5) is 11.9. The quantitative estimate of drug-likeness (QED) is 0.569. The van der Waals surface area contributed by atoms with E-state index in [1.165, 1.54) is 0 Å². The minimum absolute atomic E-state index is 0.0978. The molecule has 1 aromatic carbocycles. The van der Waals surface area contributed by atoms with Gasteiger partial charge in [0.15, 0.2) is 0 Å². The largest absolute Gasteiger partial charge is 0.393 e. The Balaban J connectivity index is 2.62. The van der Waals surface area contributed by atoms with Crippen LogP contribution in [0.5, 0.6) is 0 Å². The number of carbonyl (C=O) groups excluding carboxylic acids is 1. The summed E-state index contributed by atoms with van der Waals surface area (Å²) < 4.78 is 0. The standard InChI is InChI=1S/C19H27NO2/c1-4-16(5-2)11-12-19(22)20-14-18(13-15(3)21)17-9-7-6-8-10-17/h4,6-12,15,18,21H,5,13-14H2,1-3H3,(H,20,22). The Morgan fingerprint density at radius 2 is 1.95 bits per heavy atom. The fourth-order valence-corrected chi connectivity index (χ4v) is 2.36. The van der Waals surface area contributed by atoms with E-state index in [2.05, 4.69) is 12.2 Å². The molecule has 0 fully saturated rings. The zero-order chi connectivity index (χ0) is 16.4. The van der Waals surface area contributed by atoms with Crippen LogP contribution in [0.4, 0.5) is 0 Å². The number of hydrogen-bond donors (Lipinski definition) is 2. The van der Waals surface area contributed by atoms with Gasteiger partial charge in [0.1, 0.15) is 0 Å². The van der Waals surface area contributed by atoms with Crippen molar-refractivity contribution >= 4 is 5.91 Å². The molecule has 3 heteroatoms. The molecule has 0 heterocycles. The van der Waals surface area contributed by atoms with E-state index in [9.17, 15) is 9.90 Å². The molecule has 2 atom stereocenters. The Bertz CT molecular complexity index is 503. The van der Waals surface area contributed by atoms with E-state index in [1.54, 1.807) is 13.0 Å². The van der Waals surface area contributed by atoms with Crippen LogP contribution in [0.3, 0.4) is 0 Å². The predicted octanol–water partition coefficient (Wildman–Crippen LogP) is 3.57. The lowest BCUT2D eigenvalue weighted by molar-refractivity contribution is -0.116. The van der Waals surface area contributed by atoms with Crippen LogP contribution in [0.2, 0.25) is 0 Å². The number of hydrogen-bond acceptors (Lipinski definition) is 2. The molecule has 0 radical (unpaired) electrons. The van der Waals surface area contributed by atoms with Gasteiger partial charge in [0, 0.05) is 18.5 Å². The van der Waals surface area contributed by atoms with Crippen LogP contribution < -0.4 is 5.32 Å². The molecule has 0 aliphatic carbocycles. The Morgan fingerprint density at radius 3 is 2.50 bits per heavy atom. The molecule has 0 aromatic heterocycles. The molecular weight excluding hydrogens is 274 g/mol. The van der Waals surface area contributed by atoms with Gasteiger partial charge < -0.3 is 10.4 Å². The average Bonchev–Trinajstić information content (AvgIpc) is 2.53. The van der Waals surface area contributed by atoms with Gasteiger partial charge in [-0.05, 0) is 32.3 Å². The van der Waals surface area contributed by atoms with Gasteiger partial charge in [-0.3, -0.25) is 4.79 Å². The van der Waals surface area contributed by atoms with Gasteiger partial charge in [0.25, 0.3) is 0 Å². The molecule has 2 unspecified atom stereocenters.